The van der Waals surface area contributed by atoms with Crippen molar-refractivity contribution in [3.63, 3.8) is 0 Å². The Balaban J connectivity index is 1.89. The smallest absolute Gasteiger partial charge is 0.252 e. The normalized spacial score (nSPS) is 13.1. The zero-order valence-electron chi connectivity index (χ0n) is 9.84. The lowest BCUT2D eigenvalue weighted by molar-refractivity contribution is 0.171. The van der Waals surface area contributed by atoms with Gasteiger partial charge in [-0.25, -0.2) is 9.67 Å². The Labute approximate surface area is 114 Å². The average molecular weight is 277 g/mol. The van der Waals surface area contributed by atoms with Crippen LogP contribution in [0.5, 0.6) is 11.5 Å². The molecule has 3 rings (SSSR count). The molecule has 2 aromatic rings. The van der Waals surface area contributed by atoms with E-state index in [9.17, 15) is 0 Å². The Hall–Kier alpha value is -2.26. The first-order valence-corrected chi connectivity index (χ1v) is 6.01. The number of hydrogen-bond donors (Lipinski definition) is 0. The van der Waals surface area contributed by atoms with Crippen molar-refractivity contribution in [3.8, 4) is 17.6 Å². The Morgan fingerprint density at radius 1 is 1.37 bits per heavy atom. The molecule has 6 nitrogen and oxygen atoms in total. The van der Waals surface area contributed by atoms with Crippen molar-refractivity contribution in [2.24, 2.45) is 0 Å². The minimum absolute atomic E-state index is 0.142. The number of aromatic nitrogens is 3. The van der Waals surface area contributed by atoms with Gasteiger partial charge in [-0.2, -0.15) is 5.26 Å². The van der Waals surface area contributed by atoms with Gasteiger partial charge in [-0.05, 0) is 17.7 Å². The molecule has 96 valence electrons. The summed E-state index contributed by atoms with van der Waals surface area (Å²) < 4.78 is 12.5. The van der Waals surface area contributed by atoms with E-state index in [1.54, 1.807) is 10.7 Å². The quantitative estimate of drug-likeness (QED) is 0.833. The highest BCUT2D eigenvalue weighted by Crippen LogP contribution is 2.38. The van der Waals surface area contributed by atoms with Crippen LogP contribution in [-0.2, 0) is 6.54 Å². The topological polar surface area (TPSA) is 73.0 Å². The molecule has 19 heavy (non-hydrogen) atoms. The molecule has 0 radical (unpaired) electrons. The Kier molecular flexibility index (Phi) is 2.97. The fourth-order valence-electron chi connectivity index (χ4n) is 1.86. The highest BCUT2D eigenvalue weighted by Gasteiger charge is 2.16. The molecule has 0 aliphatic carbocycles. The van der Waals surface area contributed by atoms with Crippen molar-refractivity contribution >= 4 is 11.6 Å². The molecule has 1 aliphatic rings. The summed E-state index contributed by atoms with van der Waals surface area (Å²) in [6, 6.07) is 5.53. The van der Waals surface area contributed by atoms with Crippen molar-refractivity contribution in [2.75, 3.05) is 13.2 Å². The maximum Gasteiger partial charge on any atom is 0.252 e. The van der Waals surface area contributed by atoms with Gasteiger partial charge in [-0.3, -0.25) is 0 Å². The first-order valence-electron chi connectivity index (χ1n) is 5.64. The largest absolute Gasteiger partial charge is 0.486 e. The monoisotopic (exact) mass is 276 g/mol. The van der Waals surface area contributed by atoms with Crippen molar-refractivity contribution in [3.05, 3.63) is 34.9 Å². The molecule has 2 heterocycles. The highest BCUT2D eigenvalue weighted by atomic mass is 35.5. The number of ether oxygens (including phenoxy) is 2. The van der Waals surface area contributed by atoms with Gasteiger partial charge in [0, 0.05) is 0 Å². The van der Waals surface area contributed by atoms with Crippen LogP contribution in [0.2, 0.25) is 5.02 Å². The van der Waals surface area contributed by atoms with Crippen LogP contribution in [0.3, 0.4) is 0 Å². The maximum absolute atomic E-state index is 8.67. The van der Waals surface area contributed by atoms with Gasteiger partial charge < -0.3 is 9.47 Å². The SMILES string of the molecule is N#Cc1ncn(Cc2cc(Cl)c3c(c2)OCCO3)n1. The molecule has 0 fully saturated rings. The van der Waals surface area contributed by atoms with Crippen LogP contribution in [0.25, 0.3) is 0 Å². The van der Waals surface area contributed by atoms with E-state index in [0.29, 0.717) is 36.3 Å². The van der Waals surface area contributed by atoms with Gasteiger partial charge in [0.25, 0.3) is 5.82 Å². The van der Waals surface area contributed by atoms with Crippen LogP contribution in [0, 0.1) is 11.3 Å². The minimum Gasteiger partial charge on any atom is -0.486 e. The molecule has 1 aromatic heterocycles. The minimum atomic E-state index is 0.142. The first-order chi connectivity index (χ1) is 9.26. The van der Waals surface area contributed by atoms with Crippen LogP contribution in [0.15, 0.2) is 18.5 Å². The summed E-state index contributed by atoms with van der Waals surface area (Å²) in [5.41, 5.74) is 0.906. The average Bonchev–Trinajstić information content (AvgIpc) is 2.86. The molecule has 0 spiro atoms. The third-order valence-electron chi connectivity index (χ3n) is 2.64. The van der Waals surface area contributed by atoms with Crippen LogP contribution in [-0.4, -0.2) is 28.0 Å². The molecular weight excluding hydrogens is 268 g/mol. The van der Waals surface area contributed by atoms with E-state index in [4.69, 9.17) is 26.3 Å². The molecule has 1 aliphatic heterocycles. The fraction of sp³-hybridized carbons (Fsp3) is 0.250. The fourth-order valence-corrected chi connectivity index (χ4v) is 2.15. The van der Waals surface area contributed by atoms with Gasteiger partial charge in [0.1, 0.15) is 25.6 Å². The standard InChI is InChI=1S/C12H9ClN4O2/c13-9-3-8(4-10-12(9)19-2-1-18-10)6-17-7-15-11(5-14)16-17/h3-4,7H,1-2,6H2. The van der Waals surface area contributed by atoms with E-state index < -0.39 is 0 Å². The number of halogens is 1. The Morgan fingerprint density at radius 3 is 3.00 bits per heavy atom. The molecule has 0 saturated heterocycles. The lowest BCUT2D eigenvalue weighted by Crippen LogP contribution is -2.16. The molecule has 0 bridgehead atoms. The molecule has 7 heteroatoms. The van der Waals surface area contributed by atoms with Gasteiger partial charge in [0.15, 0.2) is 11.5 Å². The first kappa shape index (κ1) is 11.8. The summed E-state index contributed by atoms with van der Waals surface area (Å²) in [5.74, 6) is 1.35. The molecule has 1 aromatic carbocycles. The van der Waals surface area contributed by atoms with E-state index in [0.717, 1.165) is 5.56 Å². The van der Waals surface area contributed by atoms with Gasteiger partial charge in [-0.1, -0.05) is 11.6 Å². The predicted molar refractivity (Wildman–Crippen MR) is 66.3 cm³/mol. The second-order valence-corrected chi connectivity index (χ2v) is 4.39. The molecule has 0 atom stereocenters. The van der Waals surface area contributed by atoms with Gasteiger partial charge in [0.05, 0.1) is 11.6 Å². The van der Waals surface area contributed by atoms with Gasteiger partial charge in [-0.15, -0.1) is 5.10 Å². The summed E-state index contributed by atoms with van der Waals surface area (Å²) in [6.07, 6.45) is 1.50. The molecule has 0 N–H and O–H groups in total. The molecule has 0 unspecified atom stereocenters. The molecular formula is C12H9ClN4O2. The number of benzene rings is 1. The van der Waals surface area contributed by atoms with E-state index in [1.807, 2.05) is 12.1 Å². The summed E-state index contributed by atoms with van der Waals surface area (Å²) in [6.45, 7) is 1.47. The Bertz CT molecular complexity index is 662. The molecule has 0 saturated carbocycles. The third-order valence-corrected chi connectivity index (χ3v) is 2.92. The molecule has 0 amide bonds. The lowest BCUT2D eigenvalue weighted by atomic mass is 10.2. The maximum atomic E-state index is 8.67. The van der Waals surface area contributed by atoms with E-state index in [-0.39, 0.29) is 5.82 Å². The number of hydrogen-bond acceptors (Lipinski definition) is 5. The zero-order chi connectivity index (χ0) is 13.2. The van der Waals surface area contributed by atoms with Gasteiger partial charge >= 0.3 is 0 Å². The van der Waals surface area contributed by atoms with E-state index in [2.05, 4.69) is 10.1 Å². The summed E-state index contributed by atoms with van der Waals surface area (Å²) in [5, 5.41) is 13.2. The number of nitrogens with zero attached hydrogens (tertiary/aromatic N) is 4. The summed E-state index contributed by atoms with van der Waals surface area (Å²) in [4.78, 5) is 3.84. The van der Waals surface area contributed by atoms with Crippen molar-refractivity contribution in [1.82, 2.24) is 14.8 Å². The third kappa shape index (κ3) is 2.33. The van der Waals surface area contributed by atoms with Crippen LogP contribution in [0.1, 0.15) is 11.4 Å². The number of rotatable bonds is 2. The number of nitriles is 1. The van der Waals surface area contributed by atoms with Crippen molar-refractivity contribution < 1.29 is 9.47 Å². The second-order valence-electron chi connectivity index (χ2n) is 3.98. The highest BCUT2D eigenvalue weighted by molar-refractivity contribution is 6.32. The summed E-state index contributed by atoms with van der Waals surface area (Å²) >= 11 is 6.14. The lowest BCUT2D eigenvalue weighted by Gasteiger charge is -2.20. The summed E-state index contributed by atoms with van der Waals surface area (Å²) in [7, 11) is 0. The van der Waals surface area contributed by atoms with E-state index in [1.165, 1.54) is 6.33 Å². The van der Waals surface area contributed by atoms with Crippen LogP contribution >= 0.6 is 11.6 Å². The van der Waals surface area contributed by atoms with E-state index >= 15 is 0 Å². The van der Waals surface area contributed by atoms with Crippen LogP contribution in [0.4, 0.5) is 0 Å². The predicted octanol–water partition coefficient (Wildman–Crippen LogP) is 1.62. The second kappa shape index (κ2) is 4.78. The van der Waals surface area contributed by atoms with Gasteiger partial charge in [0.2, 0.25) is 0 Å². The van der Waals surface area contributed by atoms with Crippen molar-refractivity contribution in [2.45, 2.75) is 6.54 Å². The van der Waals surface area contributed by atoms with Crippen molar-refractivity contribution in [1.29, 1.82) is 5.26 Å². The Morgan fingerprint density at radius 2 is 2.21 bits per heavy atom. The van der Waals surface area contributed by atoms with Crippen LogP contribution < -0.4 is 9.47 Å². The number of fused-ring (bicyclic) bond motifs is 1. The zero-order valence-corrected chi connectivity index (χ0v) is 10.6.